The Hall–Kier alpha value is -0.530. The van der Waals surface area contributed by atoms with E-state index in [0.29, 0.717) is 11.3 Å². The molecule has 0 heterocycles. The van der Waals surface area contributed by atoms with Gasteiger partial charge in [-0.1, -0.05) is 37.6 Å². The molecule has 0 aliphatic heterocycles. The van der Waals surface area contributed by atoms with E-state index < -0.39 is 0 Å². The van der Waals surface area contributed by atoms with Crippen molar-refractivity contribution < 1.29 is 0 Å². The van der Waals surface area contributed by atoms with Crippen LogP contribution in [-0.2, 0) is 0 Å². The summed E-state index contributed by atoms with van der Waals surface area (Å²) < 4.78 is 0. The molecule has 2 unspecified atom stereocenters. The highest BCUT2D eigenvalue weighted by atomic mass is 35.5. The minimum Gasteiger partial charge on any atom is -0.314 e. The maximum absolute atomic E-state index is 6.25. The van der Waals surface area contributed by atoms with Crippen LogP contribution in [0.2, 0.25) is 5.02 Å². The maximum Gasteiger partial charge on any atom is 0.0438 e. The van der Waals surface area contributed by atoms with Gasteiger partial charge in [0.15, 0.2) is 0 Å². The molecule has 0 aromatic heterocycles. The second-order valence-electron chi connectivity index (χ2n) is 6.60. The van der Waals surface area contributed by atoms with Crippen molar-refractivity contribution in [1.82, 2.24) is 5.32 Å². The Morgan fingerprint density at radius 1 is 1.33 bits per heavy atom. The number of benzene rings is 1. The summed E-state index contributed by atoms with van der Waals surface area (Å²) in [5.41, 5.74) is 3.00. The highest BCUT2D eigenvalue weighted by Gasteiger charge is 2.57. The summed E-state index contributed by atoms with van der Waals surface area (Å²) in [6.45, 7) is 7.99. The van der Waals surface area contributed by atoms with Crippen molar-refractivity contribution in [3.8, 4) is 0 Å². The van der Waals surface area contributed by atoms with Crippen molar-refractivity contribution in [2.45, 2.75) is 45.6 Å². The van der Waals surface area contributed by atoms with Crippen LogP contribution in [0, 0.1) is 18.3 Å². The Morgan fingerprint density at radius 2 is 2.06 bits per heavy atom. The number of rotatable bonds is 4. The molecule has 2 aliphatic carbocycles. The third-order valence-electron chi connectivity index (χ3n) is 4.81. The zero-order chi connectivity index (χ0) is 12.9. The SMILES string of the molecule is Cc1ccc(C2C(CNC3CC3)C2(C)C)cc1Cl. The third kappa shape index (κ3) is 2.19. The van der Waals surface area contributed by atoms with Crippen LogP contribution in [0.15, 0.2) is 18.2 Å². The summed E-state index contributed by atoms with van der Waals surface area (Å²) in [4.78, 5) is 0. The molecular weight excluding hydrogens is 242 g/mol. The van der Waals surface area contributed by atoms with Gasteiger partial charge in [-0.05, 0) is 60.8 Å². The van der Waals surface area contributed by atoms with Crippen molar-refractivity contribution in [1.29, 1.82) is 0 Å². The summed E-state index contributed by atoms with van der Waals surface area (Å²) in [5.74, 6) is 1.43. The van der Waals surface area contributed by atoms with Crippen LogP contribution in [0.3, 0.4) is 0 Å². The summed E-state index contributed by atoms with van der Waals surface area (Å²) >= 11 is 6.25. The third-order valence-corrected chi connectivity index (χ3v) is 5.22. The van der Waals surface area contributed by atoms with Gasteiger partial charge in [-0.3, -0.25) is 0 Å². The van der Waals surface area contributed by atoms with Crippen LogP contribution in [0.4, 0.5) is 0 Å². The van der Waals surface area contributed by atoms with E-state index in [4.69, 9.17) is 11.6 Å². The van der Waals surface area contributed by atoms with E-state index in [1.54, 1.807) is 0 Å². The minimum absolute atomic E-state index is 0.417. The van der Waals surface area contributed by atoms with Crippen LogP contribution >= 0.6 is 11.6 Å². The zero-order valence-electron chi connectivity index (χ0n) is 11.5. The summed E-state index contributed by atoms with van der Waals surface area (Å²) in [5, 5.41) is 4.57. The fourth-order valence-electron chi connectivity index (χ4n) is 3.17. The Balaban J connectivity index is 1.72. The quantitative estimate of drug-likeness (QED) is 0.861. The van der Waals surface area contributed by atoms with Gasteiger partial charge in [-0.2, -0.15) is 0 Å². The van der Waals surface area contributed by atoms with Gasteiger partial charge in [-0.25, -0.2) is 0 Å². The molecule has 3 rings (SSSR count). The van der Waals surface area contributed by atoms with E-state index in [2.05, 4.69) is 44.3 Å². The monoisotopic (exact) mass is 263 g/mol. The molecule has 1 nitrogen and oxygen atoms in total. The van der Waals surface area contributed by atoms with E-state index in [-0.39, 0.29) is 0 Å². The van der Waals surface area contributed by atoms with E-state index in [9.17, 15) is 0 Å². The summed E-state index contributed by atoms with van der Waals surface area (Å²) in [7, 11) is 0. The van der Waals surface area contributed by atoms with Gasteiger partial charge in [0, 0.05) is 11.1 Å². The molecule has 0 spiro atoms. The Kier molecular flexibility index (Phi) is 2.95. The average Bonchev–Trinajstić information content (AvgIpc) is 3.18. The van der Waals surface area contributed by atoms with Crippen LogP contribution in [-0.4, -0.2) is 12.6 Å². The zero-order valence-corrected chi connectivity index (χ0v) is 12.2. The maximum atomic E-state index is 6.25. The Morgan fingerprint density at radius 3 is 2.67 bits per heavy atom. The summed E-state index contributed by atoms with van der Waals surface area (Å²) in [6, 6.07) is 7.38. The van der Waals surface area contributed by atoms with Gasteiger partial charge in [0.25, 0.3) is 0 Å². The Bertz CT molecular complexity index is 462. The topological polar surface area (TPSA) is 12.0 Å². The number of hydrogen-bond acceptors (Lipinski definition) is 1. The molecule has 2 saturated carbocycles. The molecular formula is C16H22ClN. The molecule has 0 radical (unpaired) electrons. The molecule has 2 fully saturated rings. The second kappa shape index (κ2) is 4.25. The number of halogens is 1. The highest BCUT2D eigenvalue weighted by molar-refractivity contribution is 6.31. The molecule has 0 bridgehead atoms. The lowest BCUT2D eigenvalue weighted by Gasteiger charge is -2.05. The van der Waals surface area contributed by atoms with Crippen molar-refractivity contribution in [3.63, 3.8) is 0 Å². The molecule has 2 heteroatoms. The standard InChI is InChI=1S/C16H22ClN/c1-10-4-5-11(8-14(10)17)15-13(16(15,2)3)9-18-12-6-7-12/h4-5,8,12-13,15,18H,6-7,9H2,1-3H3. The van der Waals surface area contributed by atoms with Crippen LogP contribution in [0.25, 0.3) is 0 Å². The molecule has 1 aromatic rings. The molecule has 1 aromatic carbocycles. The van der Waals surface area contributed by atoms with Gasteiger partial charge in [-0.15, -0.1) is 0 Å². The average molecular weight is 264 g/mol. The smallest absolute Gasteiger partial charge is 0.0438 e. The molecule has 0 saturated heterocycles. The molecule has 0 amide bonds. The van der Waals surface area contributed by atoms with Gasteiger partial charge in [0.1, 0.15) is 0 Å². The first-order chi connectivity index (χ1) is 8.50. The Labute approximate surface area is 115 Å². The van der Waals surface area contributed by atoms with Crippen molar-refractivity contribution >= 4 is 11.6 Å². The molecule has 98 valence electrons. The van der Waals surface area contributed by atoms with Crippen molar-refractivity contribution in [3.05, 3.63) is 34.3 Å². The largest absolute Gasteiger partial charge is 0.314 e. The van der Waals surface area contributed by atoms with Crippen LogP contribution in [0.1, 0.15) is 43.7 Å². The molecule has 2 atom stereocenters. The first-order valence-corrected chi connectivity index (χ1v) is 7.37. The van der Waals surface area contributed by atoms with Gasteiger partial charge < -0.3 is 5.32 Å². The number of aryl methyl sites for hydroxylation is 1. The lowest BCUT2D eigenvalue weighted by Crippen LogP contribution is -2.20. The minimum atomic E-state index is 0.417. The molecule has 18 heavy (non-hydrogen) atoms. The van der Waals surface area contributed by atoms with Crippen LogP contribution < -0.4 is 5.32 Å². The number of nitrogens with one attached hydrogen (secondary N) is 1. The van der Waals surface area contributed by atoms with E-state index in [1.807, 2.05) is 0 Å². The normalized spacial score (nSPS) is 29.3. The first-order valence-electron chi connectivity index (χ1n) is 6.99. The lowest BCUT2D eigenvalue weighted by molar-refractivity contribution is 0.517. The predicted octanol–water partition coefficient (Wildman–Crippen LogP) is 4.14. The van der Waals surface area contributed by atoms with Gasteiger partial charge in [0.05, 0.1) is 0 Å². The highest BCUT2D eigenvalue weighted by Crippen LogP contribution is 2.64. The van der Waals surface area contributed by atoms with Gasteiger partial charge in [0.2, 0.25) is 0 Å². The lowest BCUT2D eigenvalue weighted by atomic mass is 10.0. The van der Waals surface area contributed by atoms with E-state index >= 15 is 0 Å². The molecule has 2 aliphatic rings. The van der Waals surface area contributed by atoms with Crippen molar-refractivity contribution in [2.75, 3.05) is 6.54 Å². The van der Waals surface area contributed by atoms with Crippen LogP contribution in [0.5, 0.6) is 0 Å². The van der Waals surface area contributed by atoms with Crippen molar-refractivity contribution in [2.24, 2.45) is 11.3 Å². The van der Waals surface area contributed by atoms with Gasteiger partial charge >= 0.3 is 0 Å². The van der Waals surface area contributed by atoms with E-state index in [1.165, 1.54) is 24.0 Å². The first kappa shape index (κ1) is 12.5. The van der Waals surface area contributed by atoms with E-state index in [0.717, 1.165) is 23.5 Å². The second-order valence-corrected chi connectivity index (χ2v) is 7.00. The summed E-state index contributed by atoms with van der Waals surface area (Å²) in [6.07, 6.45) is 2.74. The number of hydrogen-bond donors (Lipinski definition) is 1. The molecule has 1 N–H and O–H groups in total. The predicted molar refractivity (Wildman–Crippen MR) is 77.2 cm³/mol. The fourth-order valence-corrected chi connectivity index (χ4v) is 3.36. The fraction of sp³-hybridized carbons (Fsp3) is 0.625.